The van der Waals surface area contributed by atoms with Crippen molar-refractivity contribution in [1.29, 1.82) is 0 Å². The highest BCUT2D eigenvalue weighted by Crippen LogP contribution is 2.29. The molecular formula is C16H15F2NO. The van der Waals surface area contributed by atoms with Gasteiger partial charge in [-0.05, 0) is 56.3 Å². The monoisotopic (exact) mass is 275 g/mol. The predicted octanol–water partition coefficient (Wildman–Crippen LogP) is 4.33. The van der Waals surface area contributed by atoms with E-state index < -0.39 is 5.82 Å². The SMILES string of the molecule is CCN(c1ccc(F)cc1)c1ccc(F)cc1C(C)=O. The molecule has 0 saturated carbocycles. The Labute approximate surface area is 116 Å². The summed E-state index contributed by atoms with van der Waals surface area (Å²) in [5.74, 6) is -0.982. The number of anilines is 2. The van der Waals surface area contributed by atoms with Gasteiger partial charge in [0.2, 0.25) is 0 Å². The zero-order valence-corrected chi connectivity index (χ0v) is 11.4. The topological polar surface area (TPSA) is 20.3 Å². The molecule has 4 heteroatoms. The van der Waals surface area contributed by atoms with Crippen LogP contribution < -0.4 is 4.90 Å². The number of rotatable bonds is 4. The number of nitrogens with zero attached hydrogens (tertiary/aromatic N) is 1. The van der Waals surface area contributed by atoms with E-state index in [0.29, 0.717) is 17.8 Å². The minimum atomic E-state index is -0.450. The van der Waals surface area contributed by atoms with Crippen molar-refractivity contribution >= 4 is 17.2 Å². The van der Waals surface area contributed by atoms with Crippen LogP contribution in [0.4, 0.5) is 20.2 Å². The smallest absolute Gasteiger partial charge is 0.162 e. The number of hydrogen-bond acceptors (Lipinski definition) is 2. The van der Waals surface area contributed by atoms with Crippen molar-refractivity contribution in [3.8, 4) is 0 Å². The molecule has 2 nitrogen and oxygen atoms in total. The van der Waals surface area contributed by atoms with Crippen LogP contribution in [-0.2, 0) is 0 Å². The Morgan fingerprint density at radius 1 is 1.05 bits per heavy atom. The Kier molecular flexibility index (Phi) is 4.13. The molecule has 104 valence electrons. The normalized spacial score (nSPS) is 10.4. The summed E-state index contributed by atoms with van der Waals surface area (Å²) in [6, 6.07) is 10.1. The fourth-order valence-corrected chi connectivity index (χ4v) is 2.14. The van der Waals surface area contributed by atoms with Crippen LogP contribution in [0, 0.1) is 11.6 Å². The molecule has 0 saturated heterocycles. The Hall–Kier alpha value is -2.23. The minimum Gasteiger partial charge on any atom is -0.341 e. The van der Waals surface area contributed by atoms with Crippen molar-refractivity contribution in [1.82, 2.24) is 0 Å². The van der Waals surface area contributed by atoms with Gasteiger partial charge < -0.3 is 4.90 Å². The average molecular weight is 275 g/mol. The molecule has 2 rings (SSSR count). The van der Waals surface area contributed by atoms with Crippen molar-refractivity contribution in [2.24, 2.45) is 0 Å². The molecule has 2 aromatic rings. The molecule has 0 unspecified atom stereocenters. The fourth-order valence-electron chi connectivity index (χ4n) is 2.14. The maximum Gasteiger partial charge on any atom is 0.162 e. The number of hydrogen-bond donors (Lipinski definition) is 0. The van der Waals surface area contributed by atoms with Crippen LogP contribution >= 0.6 is 0 Å². The van der Waals surface area contributed by atoms with Gasteiger partial charge in [-0.15, -0.1) is 0 Å². The van der Waals surface area contributed by atoms with E-state index in [9.17, 15) is 13.6 Å². The Balaban J connectivity index is 2.51. The molecule has 0 aromatic heterocycles. The van der Waals surface area contributed by atoms with Crippen LogP contribution in [0.15, 0.2) is 42.5 Å². The minimum absolute atomic E-state index is 0.208. The van der Waals surface area contributed by atoms with Gasteiger partial charge in [0.25, 0.3) is 0 Å². The molecule has 20 heavy (non-hydrogen) atoms. The Morgan fingerprint density at radius 3 is 2.20 bits per heavy atom. The van der Waals surface area contributed by atoms with Crippen molar-refractivity contribution in [2.75, 3.05) is 11.4 Å². The Morgan fingerprint density at radius 2 is 1.65 bits per heavy atom. The molecule has 0 aliphatic heterocycles. The second kappa shape index (κ2) is 5.82. The lowest BCUT2D eigenvalue weighted by atomic mass is 10.1. The zero-order valence-electron chi connectivity index (χ0n) is 11.4. The number of carbonyl (C=O) groups excluding carboxylic acids is 1. The van der Waals surface area contributed by atoms with Crippen LogP contribution in [0.1, 0.15) is 24.2 Å². The molecule has 0 fully saturated rings. The van der Waals surface area contributed by atoms with Crippen LogP contribution in [0.5, 0.6) is 0 Å². The van der Waals surface area contributed by atoms with Gasteiger partial charge in [-0.1, -0.05) is 0 Å². The van der Waals surface area contributed by atoms with Crippen LogP contribution in [0.3, 0.4) is 0 Å². The number of ketones is 1. The summed E-state index contributed by atoms with van der Waals surface area (Å²) in [6.45, 7) is 3.89. The van der Waals surface area contributed by atoms with E-state index in [1.165, 1.54) is 31.2 Å². The summed E-state index contributed by atoms with van der Waals surface area (Å²) in [7, 11) is 0. The highest BCUT2D eigenvalue weighted by atomic mass is 19.1. The third-order valence-electron chi connectivity index (χ3n) is 3.08. The summed E-state index contributed by atoms with van der Waals surface area (Å²) in [6.07, 6.45) is 0. The molecule has 0 atom stereocenters. The van der Waals surface area contributed by atoms with Gasteiger partial charge in [0.05, 0.1) is 5.69 Å². The first kappa shape index (κ1) is 14.2. The van der Waals surface area contributed by atoms with E-state index in [2.05, 4.69) is 0 Å². The molecule has 0 bridgehead atoms. The van der Waals surface area contributed by atoms with E-state index in [-0.39, 0.29) is 11.6 Å². The molecule has 0 amide bonds. The van der Waals surface area contributed by atoms with Gasteiger partial charge in [0.1, 0.15) is 11.6 Å². The van der Waals surface area contributed by atoms with Gasteiger partial charge in [-0.25, -0.2) is 8.78 Å². The highest BCUT2D eigenvalue weighted by molar-refractivity contribution is 6.00. The summed E-state index contributed by atoms with van der Waals surface area (Å²) in [4.78, 5) is 13.5. The van der Waals surface area contributed by atoms with Crippen LogP contribution in [0.25, 0.3) is 0 Å². The first-order valence-corrected chi connectivity index (χ1v) is 6.36. The quantitative estimate of drug-likeness (QED) is 0.774. The standard InChI is InChI=1S/C16H15F2NO/c1-3-19(14-7-4-12(17)5-8-14)16-9-6-13(18)10-15(16)11(2)20/h4-10H,3H2,1-2H3. The fraction of sp³-hybridized carbons (Fsp3) is 0.188. The summed E-state index contributed by atoms with van der Waals surface area (Å²) in [5.41, 5.74) is 1.69. The molecule has 2 aromatic carbocycles. The number of halogens is 2. The molecule has 0 aliphatic rings. The number of Topliss-reactive ketones (excluding diaryl/α,β-unsaturated/α-hetero) is 1. The summed E-state index contributed by atoms with van der Waals surface area (Å²) < 4.78 is 26.3. The summed E-state index contributed by atoms with van der Waals surface area (Å²) >= 11 is 0. The van der Waals surface area contributed by atoms with Crippen molar-refractivity contribution < 1.29 is 13.6 Å². The third-order valence-corrected chi connectivity index (χ3v) is 3.08. The Bertz CT molecular complexity index is 623. The zero-order chi connectivity index (χ0) is 14.7. The lowest BCUT2D eigenvalue weighted by molar-refractivity contribution is 0.101. The van der Waals surface area contributed by atoms with Gasteiger partial charge >= 0.3 is 0 Å². The molecule has 0 aliphatic carbocycles. The van der Waals surface area contributed by atoms with Gasteiger partial charge in [0, 0.05) is 17.8 Å². The lowest BCUT2D eigenvalue weighted by Gasteiger charge is -2.25. The van der Waals surface area contributed by atoms with E-state index in [0.717, 1.165) is 5.69 Å². The maximum atomic E-state index is 13.3. The van der Waals surface area contributed by atoms with Gasteiger partial charge in [0.15, 0.2) is 5.78 Å². The largest absolute Gasteiger partial charge is 0.341 e. The van der Waals surface area contributed by atoms with Crippen molar-refractivity contribution in [3.63, 3.8) is 0 Å². The highest BCUT2D eigenvalue weighted by Gasteiger charge is 2.15. The first-order chi connectivity index (χ1) is 9.52. The van der Waals surface area contributed by atoms with E-state index >= 15 is 0 Å². The predicted molar refractivity (Wildman–Crippen MR) is 75.5 cm³/mol. The van der Waals surface area contributed by atoms with E-state index in [4.69, 9.17) is 0 Å². The van der Waals surface area contributed by atoms with Crippen molar-refractivity contribution in [2.45, 2.75) is 13.8 Å². The molecule has 0 spiro atoms. The molecule has 0 radical (unpaired) electrons. The average Bonchev–Trinajstić information content (AvgIpc) is 2.43. The van der Waals surface area contributed by atoms with E-state index in [1.807, 2.05) is 11.8 Å². The van der Waals surface area contributed by atoms with Crippen LogP contribution in [0.2, 0.25) is 0 Å². The third kappa shape index (κ3) is 2.85. The van der Waals surface area contributed by atoms with Gasteiger partial charge in [-0.2, -0.15) is 0 Å². The van der Waals surface area contributed by atoms with Crippen molar-refractivity contribution in [3.05, 3.63) is 59.7 Å². The molecular weight excluding hydrogens is 260 g/mol. The van der Waals surface area contributed by atoms with Crippen LogP contribution in [-0.4, -0.2) is 12.3 Å². The molecule has 0 heterocycles. The lowest BCUT2D eigenvalue weighted by Crippen LogP contribution is -2.18. The number of carbonyl (C=O) groups is 1. The number of benzene rings is 2. The van der Waals surface area contributed by atoms with Gasteiger partial charge in [-0.3, -0.25) is 4.79 Å². The second-order valence-corrected chi connectivity index (χ2v) is 4.44. The maximum absolute atomic E-state index is 13.3. The first-order valence-electron chi connectivity index (χ1n) is 6.36. The second-order valence-electron chi connectivity index (χ2n) is 4.44. The molecule has 0 N–H and O–H groups in total. The van der Waals surface area contributed by atoms with E-state index in [1.54, 1.807) is 18.2 Å². The summed E-state index contributed by atoms with van der Waals surface area (Å²) in [5, 5.41) is 0.